The van der Waals surface area contributed by atoms with E-state index in [-0.39, 0.29) is 30.7 Å². The van der Waals surface area contributed by atoms with Crippen LogP contribution < -0.4 is 0 Å². The highest BCUT2D eigenvalue weighted by atomic mass is 35.5. The summed E-state index contributed by atoms with van der Waals surface area (Å²) in [5, 5.41) is 0.156. The summed E-state index contributed by atoms with van der Waals surface area (Å²) in [5.41, 5.74) is 0.536. The molecule has 1 saturated heterocycles. The zero-order valence-electron chi connectivity index (χ0n) is 11.5. The van der Waals surface area contributed by atoms with Crippen molar-refractivity contribution in [1.82, 2.24) is 4.90 Å². The molecule has 0 N–H and O–H groups in total. The molecule has 20 heavy (non-hydrogen) atoms. The molecule has 1 heterocycles. The van der Waals surface area contributed by atoms with Gasteiger partial charge in [-0.25, -0.2) is 8.42 Å². The van der Waals surface area contributed by atoms with Gasteiger partial charge in [0.15, 0.2) is 9.84 Å². The Kier molecular flexibility index (Phi) is 4.39. The van der Waals surface area contributed by atoms with Gasteiger partial charge < -0.3 is 4.90 Å². The molecular formula is C14H18ClNO3S. The predicted octanol–water partition coefficient (Wildman–Crippen LogP) is 2.24. The summed E-state index contributed by atoms with van der Waals surface area (Å²) in [7, 11) is -3.09. The Morgan fingerprint density at radius 1 is 1.30 bits per heavy atom. The number of hydrogen-bond donors (Lipinski definition) is 0. The van der Waals surface area contributed by atoms with Crippen LogP contribution in [-0.4, -0.2) is 43.3 Å². The minimum absolute atomic E-state index is 0.112. The Bertz CT molecular complexity index is 589. The van der Waals surface area contributed by atoms with E-state index in [2.05, 4.69) is 0 Å². The maximum atomic E-state index is 12.1. The van der Waals surface area contributed by atoms with Crippen molar-refractivity contribution in [3.05, 3.63) is 34.9 Å². The van der Waals surface area contributed by atoms with Crippen LogP contribution in [0.15, 0.2) is 24.3 Å². The minimum Gasteiger partial charge on any atom is -0.336 e. The second kappa shape index (κ2) is 5.74. The van der Waals surface area contributed by atoms with E-state index in [1.54, 1.807) is 29.2 Å². The Morgan fingerprint density at radius 2 is 1.85 bits per heavy atom. The van der Waals surface area contributed by atoms with E-state index in [4.69, 9.17) is 11.6 Å². The minimum atomic E-state index is -3.09. The lowest BCUT2D eigenvalue weighted by Crippen LogP contribution is -2.57. The predicted molar refractivity (Wildman–Crippen MR) is 79.8 cm³/mol. The number of likely N-dealkylation sites (tertiary alicyclic amines) is 1. The third-order valence-electron chi connectivity index (χ3n) is 3.30. The van der Waals surface area contributed by atoms with Crippen molar-refractivity contribution in [2.45, 2.75) is 19.1 Å². The molecule has 0 spiro atoms. The second-order valence-corrected chi connectivity index (χ2v) is 8.32. The Balaban J connectivity index is 1.96. The van der Waals surface area contributed by atoms with E-state index in [1.165, 1.54) is 0 Å². The normalized spacial score (nSPS) is 16.3. The highest BCUT2D eigenvalue weighted by Crippen LogP contribution is 2.22. The third kappa shape index (κ3) is 3.33. The molecule has 1 aromatic rings. The van der Waals surface area contributed by atoms with Gasteiger partial charge >= 0.3 is 0 Å². The van der Waals surface area contributed by atoms with Crippen molar-refractivity contribution in [2.75, 3.05) is 18.8 Å². The fourth-order valence-electron chi connectivity index (χ4n) is 2.21. The van der Waals surface area contributed by atoms with Crippen LogP contribution in [0.1, 0.15) is 24.2 Å². The third-order valence-corrected chi connectivity index (χ3v) is 6.00. The molecule has 0 saturated carbocycles. The van der Waals surface area contributed by atoms with Gasteiger partial charge in [0.2, 0.25) is 0 Å². The van der Waals surface area contributed by atoms with Crippen molar-refractivity contribution in [2.24, 2.45) is 5.92 Å². The van der Waals surface area contributed by atoms with E-state index in [9.17, 15) is 13.2 Å². The van der Waals surface area contributed by atoms with Crippen molar-refractivity contribution >= 4 is 27.3 Å². The summed E-state index contributed by atoms with van der Waals surface area (Å²) in [5.74, 6) is 0.152. The number of benzene rings is 1. The maximum Gasteiger partial charge on any atom is 0.253 e. The van der Waals surface area contributed by atoms with E-state index in [1.807, 2.05) is 13.8 Å². The summed E-state index contributed by atoms with van der Waals surface area (Å²) in [4.78, 5) is 13.7. The van der Waals surface area contributed by atoms with Gasteiger partial charge in [0, 0.05) is 23.7 Å². The molecule has 6 heteroatoms. The molecule has 0 atom stereocenters. The monoisotopic (exact) mass is 315 g/mol. The van der Waals surface area contributed by atoms with Crippen LogP contribution in [0.5, 0.6) is 0 Å². The van der Waals surface area contributed by atoms with Crippen LogP contribution in [0.2, 0.25) is 5.02 Å². The molecule has 0 radical (unpaired) electrons. The first-order valence-electron chi connectivity index (χ1n) is 6.56. The van der Waals surface area contributed by atoms with Crippen LogP contribution in [0, 0.1) is 5.92 Å². The molecule has 0 unspecified atom stereocenters. The molecule has 1 aromatic carbocycles. The summed E-state index contributed by atoms with van der Waals surface area (Å²) >= 11 is 5.77. The van der Waals surface area contributed by atoms with Crippen LogP contribution in [0.3, 0.4) is 0 Å². The molecule has 0 aromatic heterocycles. The van der Waals surface area contributed by atoms with Gasteiger partial charge in [0.1, 0.15) is 0 Å². The number of nitrogens with zero attached hydrogens (tertiary/aromatic N) is 1. The van der Waals surface area contributed by atoms with Crippen molar-refractivity contribution < 1.29 is 13.2 Å². The van der Waals surface area contributed by atoms with Gasteiger partial charge in [-0.1, -0.05) is 25.4 Å². The molecule has 1 aliphatic rings. The molecule has 110 valence electrons. The number of rotatable bonds is 4. The number of halogens is 1. The Hall–Kier alpha value is -1.07. The summed E-state index contributed by atoms with van der Waals surface area (Å²) in [6, 6.07) is 6.62. The largest absolute Gasteiger partial charge is 0.336 e. The number of amides is 1. The quantitative estimate of drug-likeness (QED) is 0.856. The zero-order valence-corrected chi connectivity index (χ0v) is 13.1. The topological polar surface area (TPSA) is 54.5 Å². The van der Waals surface area contributed by atoms with Crippen LogP contribution in [-0.2, 0) is 9.84 Å². The smallest absolute Gasteiger partial charge is 0.253 e. The van der Waals surface area contributed by atoms with E-state index < -0.39 is 15.1 Å². The molecule has 0 bridgehead atoms. The highest BCUT2D eigenvalue weighted by Gasteiger charge is 2.39. The molecule has 0 aliphatic carbocycles. The fourth-order valence-corrected chi connectivity index (χ4v) is 4.35. The van der Waals surface area contributed by atoms with Gasteiger partial charge in [0.25, 0.3) is 5.91 Å². The molecule has 1 amide bonds. The first kappa shape index (κ1) is 15.3. The number of hydrogen-bond acceptors (Lipinski definition) is 3. The SMILES string of the molecule is CC(C)CS(=O)(=O)C1CN(C(=O)c2ccc(Cl)cc2)C1. The first-order chi connectivity index (χ1) is 9.29. The Labute approximate surface area is 124 Å². The number of carbonyl (C=O) groups excluding carboxylic acids is 1. The lowest BCUT2D eigenvalue weighted by atomic mass is 10.1. The van der Waals surface area contributed by atoms with E-state index in [0.29, 0.717) is 10.6 Å². The molecular weight excluding hydrogens is 298 g/mol. The summed E-state index contributed by atoms with van der Waals surface area (Å²) in [6.07, 6.45) is 0. The van der Waals surface area contributed by atoms with Crippen LogP contribution in [0.25, 0.3) is 0 Å². The molecule has 4 nitrogen and oxygen atoms in total. The van der Waals surface area contributed by atoms with Gasteiger partial charge in [-0.3, -0.25) is 4.79 Å². The number of sulfone groups is 1. The lowest BCUT2D eigenvalue weighted by molar-refractivity contribution is 0.0659. The van der Waals surface area contributed by atoms with Crippen molar-refractivity contribution in [1.29, 1.82) is 0 Å². The van der Waals surface area contributed by atoms with Crippen molar-refractivity contribution in [3.63, 3.8) is 0 Å². The van der Waals surface area contributed by atoms with Crippen LogP contribution in [0.4, 0.5) is 0 Å². The molecule has 2 rings (SSSR count). The van der Waals surface area contributed by atoms with Crippen LogP contribution >= 0.6 is 11.6 Å². The van der Waals surface area contributed by atoms with Gasteiger partial charge in [-0.15, -0.1) is 0 Å². The van der Waals surface area contributed by atoms with Gasteiger partial charge in [-0.2, -0.15) is 0 Å². The molecule has 1 aliphatic heterocycles. The van der Waals surface area contributed by atoms with Crippen molar-refractivity contribution in [3.8, 4) is 0 Å². The average molecular weight is 316 g/mol. The Morgan fingerprint density at radius 3 is 2.35 bits per heavy atom. The zero-order chi connectivity index (χ0) is 14.9. The van der Waals surface area contributed by atoms with Gasteiger partial charge in [0.05, 0.1) is 11.0 Å². The van der Waals surface area contributed by atoms with E-state index >= 15 is 0 Å². The second-order valence-electron chi connectivity index (χ2n) is 5.56. The van der Waals surface area contributed by atoms with Gasteiger partial charge in [-0.05, 0) is 30.2 Å². The fraction of sp³-hybridized carbons (Fsp3) is 0.500. The standard InChI is InChI=1S/C14H18ClNO3S/c1-10(2)9-20(18,19)13-7-16(8-13)14(17)11-3-5-12(15)6-4-11/h3-6,10,13H,7-9H2,1-2H3. The maximum absolute atomic E-state index is 12.1. The lowest BCUT2D eigenvalue weighted by Gasteiger charge is -2.39. The number of carbonyl (C=O) groups is 1. The highest BCUT2D eigenvalue weighted by molar-refractivity contribution is 7.92. The average Bonchev–Trinajstić information content (AvgIpc) is 2.25. The summed E-state index contributed by atoms with van der Waals surface area (Å²) < 4.78 is 24.0. The summed E-state index contributed by atoms with van der Waals surface area (Å²) in [6.45, 7) is 4.34. The molecule has 1 fully saturated rings. The first-order valence-corrected chi connectivity index (χ1v) is 8.65. The van der Waals surface area contributed by atoms with E-state index in [0.717, 1.165) is 0 Å².